The topological polar surface area (TPSA) is 49.4 Å². The summed E-state index contributed by atoms with van der Waals surface area (Å²) in [6.45, 7) is 0.0801. The van der Waals surface area contributed by atoms with Crippen LogP contribution in [0.4, 0.5) is 26.3 Å². The molecule has 10 heteroatoms. The number of amides is 2. The van der Waals surface area contributed by atoms with E-state index in [9.17, 15) is 35.9 Å². The Morgan fingerprint density at radius 3 is 2.24 bits per heavy atom. The zero-order valence-corrected chi connectivity index (χ0v) is 18.8. The number of carbonyl (C=O) groups excluding carboxylic acids is 2. The maximum atomic E-state index is 13.0. The molecule has 0 bridgehead atoms. The average Bonchev–Trinajstić information content (AvgIpc) is 3.06. The summed E-state index contributed by atoms with van der Waals surface area (Å²) < 4.78 is 77.7. The largest absolute Gasteiger partial charge is 0.406 e. The van der Waals surface area contributed by atoms with Crippen LogP contribution in [0.5, 0.6) is 0 Å². The monoisotopic (exact) mass is 480 g/mol. The Bertz CT molecular complexity index is 837. The first kappa shape index (κ1) is 24.4. The van der Waals surface area contributed by atoms with Crippen LogP contribution in [0.1, 0.15) is 58.8 Å². The Morgan fingerprint density at radius 2 is 1.64 bits per heavy atom. The molecule has 2 amide bonds. The Kier molecular flexibility index (Phi) is 5.84. The molecule has 0 radical (unpaired) electrons. The number of nitrogens with one attached hydrogen (secondary N) is 1. The highest BCUT2D eigenvalue weighted by Gasteiger charge is 2.58. The molecule has 1 unspecified atom stereocenters. The predicted molar refractivity (Wildman–Crippen MR) is 108 cm³/mol. The van der Waals surface area contributed by atoms with Gasteiger partial charge < -0.3 is 10.2 Å². The van der Waals surface area contributed by atoms with Gasteiger partial charge in [-0.3, -0.25) is 9.59 Å². The van der Waals surface area contributed by atoms with E-state index in [0.717, 1.165) is 32.1 Å². The SMILES string of the molecule is C[C@@]12CCC[C@H]1[C@@H]1CCC3NC(=O)C(C(=O)N(CC(F)(F)F)CC(F)(F)F)=C[C@]3(C)[C@@H]1CC2. The van der Waals surface area contributed by atoms with E-state index in [2.05, 4.69) is 12.2 Å². The molecule has 1 heterocycles. The van der Waals surface area contributed by atoms with Crippen LogP contribution in [-0.2, 0) is 9.59 Å². The summed E-state index contributed by atoms with van der Waals surface area (Å²) in [4.78, 5) is 25.2. The van der Waals surface area contributed by atoms with Crippen LogP contribution in [0.3, 0.4) is 0 Å². The number of fused-ring (bicyclic) bond motifs is 5. The van der Waals surface area contributed by atoms with Crippen molar-refractivity contribution in [1.29, 1.82) is 0 Å². The molecule has 3 fully saturated rings. The van der Waals surface area contributed by atoms with Crippen molar-refractivity contribution < 1.29 is 35.9 Å². The molecule has 0 spiro atoms. The van der Waals surface area contributed by atoms with Gasteiger partial charge in [-0.1, -0.05) is 26.3 Å². The molecule has 4 rings (SSSR count). The molecule has 4 aliphatic rings. The molecule has 6 atom stereocenters. The van der Waals surface area contributed by atoms with Gasteiger partial charge in [-0.2, -0.15) is 26.3 Å². The molecular weight excluding hydrogens is 450 g/mol. The zero-order valence-electron chi connectivity index (χ0n) is 18.8. The lowest BCUT2D eigenvalue weighted by atomic mass is 9.48. The molecule has 0 aromatic carbocycles. The van der Waals surface area contributed by atoms with E-state index in [1.54, 1.807) is 0 Å². The first-order chi connectivity index (χ1) is 15.1. The number of alkyl halides is 6. The van der Waals surface area contributed by atoms with Crippen molar-refractivity contribution in [1.82, 2.24) is 10.2 Å². The maximum absolute atomic E-state index is 13.0. The lowest BCUT2D eigenvalue weighted by Crippen LogP contribution is -2.61. The van der Waals surface area contributed by atoms with Crippen LogP contribution in [0.15, 0.2) is 11.6 Å². The van der Waals surface area contributed by atoms with E-state index in [1.807, 2.05) is 6.92 Å². The van der Waals surface area contributed by atoms with Crippen molar-refractivity contribution >= 4 is 11.8 Å². The van der Waals surface area contributed by atoms with Gasteiger partial charge in [0.25, 0.3) is 11.8 Å². The highest BCUT2D eigenvalue weighted by molar-refractivity contribution is 6.19. The van der Waals surface area contributed by atoms with Crippen LogP contribution in [0.25, 0.3) is 0 Å². The van der Waals surface area contributed by atoms with Crippen molar-refractivity contribution in [2.75, 3.05) is 13.1 Å². The lowest BCUT2D eigenvalue weighted by molar-refractivity contribution is -0.186. The third-order valence-electron chi connectivity index (χ3n) is 8.82. The van der Waals surface area contributed by atoms with Gasteiger partial charge in [0, 0.05) is 11.5 Å². The van der Waals surface area contributed by atoms with E-state index in [-0.39, 0.29) is 22.3 Å². The quantitative estimate of drug-likeness (QED) is 0.457. The summed E-state index contributed by atoms with van der Waals surface area (Å²) in [5.41, 5.74) is -1.03. The van der Waals surface area contributed by atoms with Crippen molar-refractivity contribution in [2.24, 2.45) is 28.6 Å². The minimum absolute atomic E-state index is 0.120. The Hall–Kier alpha value is -1.74. The Labute approximate surface area is 189 Å². The van der Waals surface area contributed by atoms with Gasteiger partial charge in [0.05, 0.1) is 0 Å². The number of halogens is 6. The smallest absolute Gasteiger partial charge is 0.348 e. The lowest BCUT2D eigenvalue weighted by Gasteiger charge is -2.58. The normalized spacial score (nSPS) is 38.5. The van der Waals surface area contributed by atoms with Gasteiger partial charge in [-0.15, -0.1) is 0 Å². The standard InChI is InChI=1S/C23H30F6N2O2/c1-20-8-3-4-15(20)13-5-6-17-21(2,16(13)7-9-20)10-14(18(32)30-17)19(33)31(11-22(24,25)26)12-23(27,28)29/h10,13,15-17H,3-9,11-12H2,1-2H3,(H,30,32)/t13-,15-,16+,17?,20-,21+/m0/s1. The second-order valence-corrected chi connectivity index (χ2v) is 10.9. The van der Waals surface area contributed by atoms with Gasteiger partial charge >= 0.3 is 12.4 Å². The van der Waals surface area contributed by atoms with Crippen LogP contribution in [-0.4, -0.2) is 48.2 Å². The molecule has 33 heavy (non-hydrogen) atoms. The first-order valence-corrected chi connectivity index (χ1v) is 11.6. The van der Waals surface area contributed by atoms with E-state index < -0.39 is 48.2 Å². The minimum atomic E-state index is -5.02. The number of carbonyl (C=O) groups is 2. The molecule has 3 aliphatic carbocycles. The van der Waals surface area contributed by atoms with E-state index in [4.69, 9.17) is 0 Å². The van der Waals surface area contributed by atoms with E-state index >= 15 is 0 Å². The predicted octanol–water partition coefficient (Wildman–Crippen LogP) is 5.00. The van der Waals surface area contributed by atoms with Crippen LogP contribution >= 0.6 is 0 Å². The molecule has 3 saturated carbocycles. The van der Waals surface area contributed by atoms with Crippen molar-refractivity contribution in [2.45, 2.75) is 77.2 Å². The second kappa shape index (κ2) is 7.90. The van der Waals surface area contributed by atoms with Crippen LogP contribution < -0.4 is 5.32 Å². The van der Waals surface area contributed by atoms with Gasteiger partial charge in [-0.25, -0.2) is 0 Å². The summed E-state index contributed by atoms with van der Waals surface area (Å²) in [6, 6.07) is -0.285. The molecule has 0 saturated heterocycles. The van der Waals surface area contributed by atoms with Crippen molar-refractivity contribution in [3.63, 3.8) is 0 Å². The summed E-state index contributed by atoms with van der Waals surface area (Å²) in [5, 5.41) is 2.76. The first-order valence-electron chi connectivity index (χ1n) is 11.6. The fourth-order valence-electron chi connectivity index (χ4n) is 7.39. The molecule has 1 N–H and O–H groups in total. The molecule has 0 aromatic heterocycles. The third kappa shape index (κ3) is 4.50. The van der Waals surface area contributed by atoms with Crippen molar-refractivity contribution in [3.8, 4) is 0 Å². The van der Waals surface area contributed by atoms with Crippen LogP contribution in [0.2, 0.25) is 0 Å². The highest BCUT2D eigenvalue weighted by Crippen LogP contribution is 2.63. The number of rotatable bonds is 3. The third-order valence-corrected chi connectivity index (χ3v) is 8.82. The zero-order chi connectivity index (χ0) is 24.4. The van der Waals surface area contributed by atoms with Gasteiger partial charge in [0.1, 0.15) is 18.7 Å². The molecule has 4 nitrogen and oxygen atoms in total. The number of hydrogen-bond acceptors (Lipinski definition) is 2. The molecule has 0 aromatic rings. The number of hydrogen-bond donors (Lipinski definition) is 1. The summed E-state index contributed by atoms with van der Waals surface area (Å²) in [7, 11) is 0. The maximum Gasteiger partial charge on any atom is 0.406 e. The second-order valence-electron chi connectivity index (χ2n) is 10.9. The summed E-state index contributed by atoms with van der Waals surface area (Å²) in [5.74, 6) is -1.40. The fourth-order valence-corrected chi connectivity index (χ4v) is 7.39. The Balaban J connectivity index is 1.66. The van der Waals surface area contributed by atoms with Gasteiger partial charge in [0.2, 0.25) is 0 Å². The minimum Gasteiger partial charge on any atom is -0.348 e. The van der Waals surface area contributed by atoms with Crippen molar-refractivity contribution in [3.05, 3.63) is 11.6 Å². The van der Waals surface area contributed by atoms with E-state index in [0.29, 0.717) is 18.3 Å². The van der Waals surface area contributed by atoms with Crippen LogP contribution in [0, 0.1) is 28.6 Å². The molecule has 1 aliphatic heterocycles. The van der Waals surface area contributed by atoms with Gasteiger partial charge in [-0.05, 0) is 61.7 Å². The average molecular weight is 480 g/mol. The molecule has 186 valence electrons. The van der Waals surface area contributed by atoms with E-state index in [1.165, 1.54) is 12.5 Å². The number of nitrogens with zero attached hydrogens (tertiary/aromatic N) is 1. The fraction of sp³-hybridized carbons (Fsp3) is 0.826. The summed E-state index contributed by atoms with van der Waals surface area (Å²) >= 11 is 0. The van der Waals surface area contributed by atoms with Gasteiger partial charge in [0.15, 0.2) is 0 Å². The Morgan fingerprint density at radius 1 is 1.00 bits per heavy atom. The summed E-state index contributed by atoms with van der Waals surface area (Å²) in [6.07, 6.45) is -1.71. The molecular formula is C23H30F6N2O2. The highest BCUT2D eigenvalue weighted by atomic mass is 19.4.